The van der Waals surface area contributed by atoms with Crippen molar-refractivity contribution in [2.45, 2.75) is 19.1 Å². The fourth-order valence-corrected chi connectivity index (χ4v) is 2.02. The van der Waals surface area contributed by atoms with E-state index in [4.69, 9.17) is 4.74 Å². The molecule has 1 fully saturated rings. The van der Waals surface area contributed by atoms with E-state index in [-0.39, 0.29) is 5.91 Å². The molecule has 0 spiro atoms. The number of hydrogen-bond acceptors (Lipinski definition) is 3. The minimum Gasteiger partial charge on any atom is -0.385 e. The first-order valence-corrected chi connectivity index (χ1v) is 5.87. The quantitative estimate of drug-likeness (QED) is 0.849. The molecule has 0 aliphatic carbocycles. The second kappa shape index (κ2) is 5.29. The molecule has 4 nitrogen and oxygen atoms in total. The molecule has 92 valence electrons. The second-order valence-electron chi connectivity index (χ2n) is 4.06. The maximum absolute atomic E-state index is 12.0. The van der Waals surface area contributed by atoms with Crippen LogP contribution in [0.15, 0.2) is 30.3 Å². The maximum atomic E-state index is 12.0. The van der Waals surface area contributed by atoms with Crippen LogP contribution in [-0.2, 0) is 9.53 Å². The van der Waals surface area contributed by atoms with E-state index < -0.39 is 12.2 Å². The lowest BCUT2D eigenvalue weighted by atomic mass is 10.0. The lowest BCUT2D eigenvalue weighted by Gasteiger charge is -2.33. The molecule has 17 heavy (non-hydrogen) atoms. The molecular weight excluding hydrogens is 218 g/mol. The Bertz CT molecular complexity index is 380. The van der Waals surface area contributed by atoms with Gasteiger partial charge in [0, 0.05) is 13.1 Å². The Balaban J connectivity index is 2.14. The van der Waals surface area contributed by atoms with Crippen LogP contribution in [-0.4, -0.2) is 41.7 Å². The number of rotatable bonds is 3. The third kappa shape index (κ3) is 2.48. The summed E-state index contributed by atoms with van der Waals surface area (Å²) in [4.78, 5) is 13.7. The summed E-state index contributed by atoms with van der Waals surface area (Å²) >= 11 is 0. The Hall–Kier alpha value is -1.39. The largest absolute Gasteiger partial charge is 0.385 e. The molecule has 0 aromatic heterocycles. The highest BCUT2D eigenvalue weighted by molar-refractivity contribution is 5.82. The summed E-state index contributed by atoms with van der Waals surface area (Å²) in [6.07, 6.45) is -1.66. The van der Waals surface area contributed by atoms with Gasteiger partial charge in [0.05, 0.1) is 6.61 Å². The molecule has 2 atom stereocenters. The minimum atomic E-state index is -0.891. The lowest BCUT2D eigenvalue weighted by molar-refractivity contribution is -0.162. The molecule has 1 aliphatic rings. The molecule has 1 saturated heterocycles. The van der Waals surface area contributed by atoms with Crippen molar-refractivity contribution in [1.29, 1.82) is 0 Å². The Kier molecular flexibility index (Phi) is 3.76. The van der Waals surface area contributed by atoms with Gasteiger partial charge < -0.3 is 14.7 Å². The molecular formula is C13H17NO3. The fraction of sp³-hybridized carbons (Fsp3) is 0.462. The molecule has 1 heterocycles. The summed E-state index contributed by atoms with van der Waals surface area (Å²) in [5.41, 5.74) is 0.712. The number of aliphatic hydroxyl groups is 1. The van der Waals surface area contributed by atoms with Crippen molar-refractivity contribution in [2.24, 2.45) is 0 Å². The Labute approximate surface area is 101 Å². The molecule has 4 heteroatoms. The number of nitrogens with zero attached hydrogens (tertiary/aromatic N) is 1. The third-order valence-corrected chi connectivity index (χ3v) is 3.02. The monoisotopic (exact) mass is 235 g/mol. The van der Waals surface area contributed by atoms with Gasteiger partial charge in [0.25, 0.3) is 5.91 Å². The van der Waals surface area contributed by atoms with Gasteiger partial charge in [-0.2, -0.15) is 0 Å². The number of carbonyl (C=O) groups excluding carboxylic acids is 1. The average Bonchev–Trinajstić information content (AvgIpc) is 2.39. The van der Waals surface area contributed by atoms with Gasteiger partial charge in [-0.25, -0.2) is 0 Å². The number of likely N-dealkylation sites (N-methyl/N-ethyl adjacent to an activating group) is 1. The van der Waals surface area contributed by atoms with Gasteiger partial charge >= 0.3 is 0 Å². The summed E-state index contributed by atoms with van der Waals surface area (Å²) in [5.74, 6) is -0.130. The van der Waals surface area contributed by atoms with E-state index in [1.807, 2.05) is 25.1 Å². The number of aliphatic hydroxyl groups excluding tert-OH is 1. The standard InChI is InChI=1S/C13H17NO3/c1-2-14-8-9-17-12(13(14)16)11(15)10-6-4-3-5-7-10/h3-7,11-12,15H,2,8-9H2,1H3. The van der Waals surface area contributed by atoms with Crippen molar-refractivity contribution >= 4 is 5.91 Å². The van der Waals surface area contributed by atoms with Crippen LogP contribution in [0.3, 0.4) is 0 Å². The predicted molar refractivity (Wildman–Crippen MR) is 63.4 cm³/mol. The van der Waals surface area contributed by atoms with E-state index in [0.29, 0.717) is 25.3 Å². The molecule has 1 N–H and O–H groups in total. The van der Waals surface area contributed by atoms with Gasteiger partial charge in [-0.3, -0.25) is 4.79 Å². The summed E-state index contributed by atoms with van der Waals surface area (Å²) < 4.78 is 5.40. The van der Waals surface area contributed by atoms with Gasteiger partial charge in [0.2, 0.25) is 0 Å². The zero-order valence-electron chi connectivity index (χ0n) is 9.87. The first kappa shape index (κ1) is 12.1. The fourth-order valence-electron chi connectivity index (χ4n) is 2.02. The van der Waals surface area contributed by atoms with Crippen LogP contribution in [0.1, 0.15) is 18.6 Å². The van der Waals surface area contributed by atoms with Crippen LogP contribution in [0.5, 0.6) is 0 Å². The zero-order valence-corrected chi connectivity index (χ0v) is 9.87. The number of carbonyl (C=O) groups is 1. The molecule has 1 amide bonds. The number of hydrogen-bond donors (Lipinski definition) is 1. The summed E-state index contributed by atoms with van der Waals surface area (Å²) in [6.45, 7) is 3.66. The highest BCUT2D eigenvalue weighted by Gasteiger charge is 2.34. The van der Waals surface area contributed by atoms with E-state index in [0.717, 1.165) is 0 Å². The topological polar surface area (TPSA) is 49.8 Å². The van der Waals surface area contributed by atoms with Crippen LogP contribution in [0.4, 0.5) is 0 Å². The van der Waals surface area contributed by atoms with Crippen molar-refractivity contribution in [3.8, 4) is 0 Å². The van der Waals surface area contributed by atoms with Gasteiger partial charge in [-0.05, 0) is 12.5 Å². The number of benzene rings is 1. The highest BCUT2D eigenvalue weighted by Crippen LogP contribution is 2.22. The first-order chi connectivity index (χ1) is 8.24. The van der Waals surface area contributed by atoms with E-state index in [9.17, 15) is 9.90 Å². The Morgan fingerprint density at radius 2 is 2.18 bits per heavy atom. The summed E-state index contributed by atoms with van der Waals surface area (Å²) in [6, 6.07) is 9.14. The highest BCUT2D eigenvalue weighted by atomic mass is 16.5. The zero-order chi connectivity index (χ0) is 12.3. The van der Waals surface area contributed by atoms with Gasteiger partial charge in [-0.1, -0.05) is 30.3 Å². The van der Waals surface area contributed by atoms with Gasteiger partial charge in [-0.15, -0.1) is 0 Å². The second-order valence-corrected chi connectivity index (χ2v) is 4.06. The molecule has 2 unspecified atom stereocenters. The molecule has 2 rings (SSSR count). The third-order valence-electron chi connectivity index (χ3n) is 3.02. The molecule has 0 radical (unpaired) electrons. The summed E-state index contributed by atoms with van der Waals surface area (Å²) in [5, 5.41) is 10.2. The Morgan fingerprint density at radius 1 is 1.47 bits per heavy atom. The van der Waals surface area contributed by atoms with E-state index in [2.05, 4.69) is 0 Å². The number of ether oxygens (including phenoxy) is 1. The van der Waals surface area contributed by atoms with Crippen molar-refractivity contribution in [3.05, 3.63) is 35.9 Å². The first-order valence-electron chi connectivity index (χ1n) is 5.87. The molecule has 0 bridgehead atoms. The molecule has 1 aliphatic heterocycles. The maximum Gasteiger partial charge on any atom is 0.254 e. The lowest BCUT2D eigenvalue weighted by Crippen LogP contribution is -2.49. The van der Waals surface area contributed by atoms with Crippen molar-refractivity contribution in [3.63, 3.8) is 0 Å². The van der Waals surface area contributed by atoms with Gasteiger partial charge in [0.15, 0.2) is 6.10 Å². The van der Waals surface area contributed by atoms with Crippen LogP contribution in [0, 0.1) is 0 Å². The van der Waals surface area contributed by atoms with Crippen LogP contribution >= 0.6 is 0 Å². The summed E-state index contributed by atoms with van der Waals surface area (Å²) in [7, 11) is 0. The predicted octanol–water partition coefficient (Wildman–Crippen LogP) is 0.967. The molecule has 0 saturated carbocycles. The van der Waals surface area contributed by atoms with E-state index in [1.165, 1.54) is 0 Å². The smallest absolute Gasteiger partial charge is 0.254 e. The Morgan fingerprint density at radius 3 is 2.82 bits per heavy atom. The number of amides is 1. The van der Waals surface area contributed by atoms with E-state index >= 15 is 0 Å². The SMILES string of the molecule is CCN1CCOC(C(O)c2ccccc2)C1=O. The van der Waals surface area contributed by atoms with E-state index in [1.54, 1.807) is 17.0 Å². The minimum absolute atomic E-state index is 0.130. The van der Waals surface area contributed by atoms with Gasteiger partial charge in [0.1, 0.15) is 6.10 Å². The van der Waals surface area contributed by atoms with Crippen LogP contribution in [0.25, 0.3) is 0 Å². The van der Waals surface area contributed by atoms with Crippen molar-refractivity contribution in [1.82, 2.24) is 4.90 Å². The number of morpholine rings is 1. The molecule has 1 aromatic carbocycles. The van der Waals surface area contributed by atoms with Crippen LogP contribution < -0.4 is 0 Å². The molecule has 1 aromatic rings. The normalized spacial score (nSPS) is 22.6. The van der Waals surface area contributed by atoms with Crippen LogP contribution in [0.2, 0.25) is 0 Å². The van der Waals surface area contributed by atoms with Crippen molar-refractivity contribution in [2.75, 3.05) is 19.7 Å². The van der Waals surface area contributed by atoms with Crippen molar-refractivity contribution < 1.29 is 14.6 Å². The average molecular weight is 235 g/mol.